The standard InChI is InChI=1S/C18H14F3N.C7H10N2O3/c19-12-6-4-11(5-7-12)17-16(10-2-1-3-10)14-8-13(20)9-15(21)18(14)22-17;8-5(10)1-4-2-6(11)9-7(12)3-4/h4-10,22H,1-3H2;4H,1-3H2,(H2,8,10)(H,9,11,12). The van der Waals surface area contributed by atoms with Crippen LogP contribution in [0.2, 0.25) is 0 Å². The van der Waals surface area contributed by atoms with Crippen molar-refractivity contribution in [3.63, 3.8) is 0 Å². The fourth-order valence-corrected chi connectivity index (χ4v) is 4.49. The number of amides is 3. The molecule has 2 fully saturated rings. The summed E-state index contributed by atoms with van der Waals surface area (Å²) in [5, 5.41) is 2.75. The first-order valence-corrected chi connectivity index (χ1v) is 11.1. The molecule has 34 heavy (non-hydrogen) atoms. The summed E-state index contributed by atoms with van der Waals surface area (Å²) in [5.74, 6) is -2.50. The number of halogens is 3. The molecule has 2 aliphatic rings. The maximum absolute atomic E-state index is 14.1. The Labute approximate surface area is 193 Å². The zero-order valence-electron chi connectivity index (χ0n) is 18.3. The number of piperidine rings is 1. The van der Waals surface area contributed by atoms with Crippen LogP contribution in [0.3, 0.4) is 0 Å². The summed E-state index contributed by atoms with van der Waals surface area (Å²) in [7, 11) is 0. The zero-order valence-corrected chi connectivity index (χ0v) is 18.3. The van der Waals surface area contributed by atoms with Gasteiger partial charge in [-0.15, -0.1) is 0 Å². The first-order chi connectivity index (χ1) is 16.2. The monoisotopic (exact) mass is 471 g/mol. The van der Waals surface area contributed by atoms with Gasteiger partial charge in [0.05, 0.1) is 11.2 Å². The normalized spacial score (nSPS) is 16.6. The van der Waals surface area contributed by atoms with Crippen LogP contribution in [-0.2, 0) is 14.4 Å². The number of nitrogens with two attached hydrogens (primary N) is 1. The van der Waals surface area contributed by atoms with Gasteiger partial charge in [0.2, 0.25) is 17.7 Å². The topological polar surface area (TPSA) is 105 Å². The van der Waals surface area contributed by atoms with Crippen molar-refractivity contribution in [2.75, 3.05) is 0 Å². The Morgan fingerprint density at radius 1 is 0.971 bits per heavy atom. The fraction of sp³-hybridized carbons (Fsp3) is 0.320. The van der Waals surface area contributed by atoms with Gasteiger partial charge in [0.25, 0.3) is 0 Å². The predicted octanol–water partition coefficient (Wildman–Crippen LogP) is 4.43. The van der Waals surface area contributed by atoms with Gasteiger partial charge in [-0.3, -0.25) is 19.7 Å². The van der Waals surface area contributed by atoms with Crippen molar-refractivity contribution in [3.05, 3.63) is 59.4 Å². The van der Waals surface area contributed by atoms with E-state index in [9.17, 15) is 27.6 Å². The van der Waals surface area contributed by atoms with Gasteiger partial charge in [-0.05, 0) is 66.1 Å². The number of imide groups is 1. The van der Waals surface area contributed by atoms with Gasteiger partial charge in [-0.2, -0.15) is 0 Å². The number of aromatic amines is 1. The van der Waals surface area contributed by atoms with E-state index in [1.165, 1.54) is 18.2 Å². The van der Waals surface area contributed by atoms with Crippen LogP contribution in [0.25, 0.3) is 22.2 Å². The first-order valence-electron chi connectivity index (χ1n) is 11.1. The molecule has 2 aromatic carbocycles. The summed E-state index contributed by atoms with van der Waals surface area (Å²) < 4.78 is 40.8. The van der Waals surface area contributed by atoms with Crippen LogP contribution in [-0.4, -0.2) is 22.7 Å². The molecule has 1 aliphatic heterocycles. The number of aromatic nitrogens is 1. The van der Waals surface area contributed by atoms with E-state index in [2.05, 4.69) is 10.3 Å². The van der Waals surface area contributed by atoms with Crippen LogP contribution in [0, 0.1) is 23.4 Å². The van der Waals surface area contributed by atoms with Gasteiger partial charge in [0.15, 0.2) is 0 Å². The Hall–Kier alpha value is -3.62. The van der Waals surface area contributed by atoms with Gasteiger partial charge >= 0.3 is 0 Å². The summed E-state index contributed by atoms with van der Waals surface area (Å²) in [5.41, 5.74) is 7.76. The third kappa shape index (κ3) is 5.13. The van der Waals surface area contributed by atoms with Gasteiger partial charge < -0.3 is 10.7 Å². The van der Waals surface area contributed by atoms with E-state index in [0.29, 0.717) is 16.8 Å². The summed E-state index contributed by atoms with van der Waals surface area (Å²) >= 11 is 0. The minimum absolute atomic E-state index is 0.110. The van der Waals surface area contributed by atoms with E-state index in [-0.39, 0.29) is 42.8 Å². The number of hydrogen-bond donors (Lipinski definition) is 3. The molecule has 1 saturated carbocycles. The Kier molecular flexibility index (Phi) is 6.72. The van der Waals surface area contributed by atoms with Crippen molar-refractivity contribution in [1.29, 1.82) is 0 Å². The summed E-state index contributed by atoms with van der Waals surface area (Å²) in [6.45, 7) is 0. The molecule has 0 spiro atoms. The number of carbonyl (C=O) groups is 3. The number of nitrogens with one attached hydrogen (secondary N) is 2. The van der Waals surface area contributed by atoms with E-state index in [4.69, 9.17) is 5.73 Å². The number of fused-ring (bicyclic) bond motifs is 1. The maximum Gasteiger partial charge on any atom is 0.226 e. The average molecular weight is 471 g/mol. The Balaban J connectivity index is 0.000000195. The van der Waals surface area contributed by atoms with Crippen molar-refractivity contribution in [1.82, 2.24) is 10.3 Å². The quantitative estimate of drug-likeness (QED) is 0.490. The first kappa shape index (κ1) is 23.5. The molecule has 3 amide bonds. The van der Waals surface area contributed by atoms with Gasteiger partial charge in [0, 0.05) is 30.7 Å². The Morgan fingerprint density at radius 3 is 2.18 bits per heavy atom. The molecule has 1 saturated heterocycles. The summed E-state index contributed by atoms with van der Waals surface area (Å²) in [6.07, 6.45) is 3.69. The molecular formula is C25H24F3N3O3. The van der Waals surface area contributed by atoms with Crippen LogP contribution < -0.4 is 11.1 Å². The highest BCUT2D eigenvalue weighted by Crippen LogP contribution is 2.45. The second-order valence-electron chi connectivity index (χ2n) is 8.77. The number of rotatable bonds is 4. The van der Waals surface area contributed by atoms with Gasteiger partial charge in [0.1, 0.15) is 17.5 Å². The number of H-pyrrole nitrogens is 1. The van der Waals surface area contributed by atoms with E-state index in [1.54, 1.807) is 12.1 Å². The smallest absolute Gasteiger partial charge is 0.226 e. The molecule has 4 N–H and O–H groups in total. The molecule has 0 atom stereocenters. The molecule has 2 heterocycles. The van der Waals surface area contributed by atoms with Crippen LogP contribution in [0.1, 0.15) is 50.0 Å². The largest absolute Gasteiger partial charge is 0.370 e. The number of carbonyl (C=O) groups excluding carboxylic acids is 3. The molecule has 9 heteroatoms. The van der Waals surface area contributed by atoms with E-state index in [1.807, 2.05) is 0 Å². The number of primary amides is 1. The van der Waals surface area contributed by atoms with Crippen molar-refractivity contribution < 1.29 is 27.6 Å². The molecule has 1 aliphatic carbocycles. The lowest BCUT2D eigenvalue weighted by molar-refractivity contribution is -0.135. The summed E-state index contributed by atoms with van der Waals surface area (Å²) in [6, 6.07) is 8.35. The molecule has 3 aromatic rings. The van der Waals surface area contributed by atoms with E-state index < -0.39 is 17.5 Å². The van der Waals surface area contributed by atoms with Gasteiger partial charge in [-0.25, -0.2) is 13.2 Å². The zero-order chi connectivity index (χ0) is 24.4. The minimum atomic E-state index is -0.594. The SMILES string of the molecule is Fc1ccc(-c2[nH]c3c(F)cc(F)cc3c2C2CCC2)cc1.NC(=O)CC1CC(=O)NC(=O)C1. The molecule has 5 rings (SSSR count). The maximum atomic E-state index is 14.1. The molecule has 0 unspecified atom stereocenters. The molecular weight excluding hydrogens is 447 g/mol. The number of benzene rings is 2. The fourth-order valence-electron chi connectivity index (χ4n) is 4.49. The van der Waals surface area contributed by atoms with Crippen LogP contribution in [0.4, 0.5) is 13.2 Å². The molecule has 1 aromatic heterocycles. The lowest BCUT2D eigenvalue weighted by atomic mass is 9.78. The highest BCUT2D eigenvalue weighted by atomic mass is 19.1. The average Bonchev–Trinajstić information content (AvgIpc) is 3.06. The Bertz CT molecular complexity index is 1230. The molecule has 0 bridgehead atoms. The third-order valence-electron chi connectivity index (χ3n) is 6.23. The van der Waals surface area contributed by atoms with Crippen molar-refractivity contribution in [3.8, 4) is 11.3 Å². The lowest BCUT2D eigenvalue weighted by Crippen LogP contribution is -2.39. The van der Waals surface area contributed by atoms with Crippen molar-refractivity contribution in [2.24, 2.45) is 11.7 Å². The summed E-state index contributed by atoms with van der Waals surface area (Å²) in [4.78, 5) is 35.1. The van der Waals surface area contributed by atoms with Gasteiger partial charge in [-0.1, -0.05) is 6.42 Å². The van der Waals surface area contributed by atoms with Crippen molar-refractivity contribution in [2.45, 2.75) is 44.4 Å². The lowest BCUT2D eigenvalue weighted by Gasteiger charge is -2.26. The number of hydrogen-bond acceptors (Lipinski definition) is 3. The van der Waals surface area contributed by atoms with E-state index in [0.717, 1.165) is 42.1 Å². The van der Waals surface area contributed by atoms with Crippen LogP contribution in [0.15, 0.2) is 36.4 Å². The molecule has 178 valence electrons. The minimum Gasteiger partial charge on any atom is -0.370 e. The van der Waals surface area contributed by atoms with Crippen LogP contribution in [0.5, 0.6) is 0 Å². The van der Waals surface area contributed by atoms with Crippen LogP contribution >= 0.6 is 0 Å². The second kappa shape index (κ2) is 9.70. The second-order valence-corrected chi connectivity index (χ2v) is 8.77. The van der Waals surface area contributed by atoms with E-state index >= 15 is 0 Å². The van der Waals surface area contributed by atoms with Crippen molar-refractivity contribution >= 4 is 28.6 Å². The predicted molar refractivity (Wildman–Crippen MR) is 120 cm³/mol. The highest BCUT2D eigenvalue weighted by molar-refractivity contribution is 5.98. The highest BCUT2D eigenvalue weighted by Gasteiger charge is 2.28. The molecule has 6 nitrogen and oxygen atoms in total. The third-order valence-corrected chi connectivity index (χ3v) is 6.23. The molecule has 0 radical (unpaired) electrons. The Morgan fingerprint density at radius 2 is 1.62 bits per heavy atom.